The first-order chi connectivity index (χ1) is 8.09. The van der Waals surface area contributed by atoms with E-state index >= 15 is 0 Å². The summed E-state index contributed by atoms with van der Waals surface area (Å²) in [4.78, 5) is 14.5. The molecule has 2 rings (SSSR count). The Balaban J connectivity index is 2.01. The third kappa shape index (κ3) is 2.33. The minimum absolute atomic E-state index is 0.237. The number of rotatable bonds is 3. The largest absolute Gasteiger partial charge is 0.393 e. The Morgan fingerprint density at radius 1 is 1.53 bits per heavy atom. The zero-order chi connectivity index (χ0) is 12.5. The number of hydrogen-bond acceptors (Lipinski definition) is 3. The lowest BCUT2D eigenvalue weighted by molar-refractivity contribution is -0.140. The molecule has 2 fully saturated rings. The molecule has 3 N–H and O–H groups in total. The van der Waals surface area contributed by atoms with Gasteiger partial charge in [-0.25, -0.2) is 0 Å². The van der Waals surface area contributed by atoms with Crippen LogP contribution in [0.2, 0.25) is 0 Å². The van der Waals surface area contributed by atoms with Gasteiger partial charge in [0.15, 0.2) is 0 Å². The molecule has 0 aromatic carbocycles. The topological polar surface area (TPSA) is 66.6 Å². The first-order valence-corrected chi connectivity index (χ1v) is 6.76. The second-order valence-electron chi connectivity index (χ2n) is 5.73. The second-order valence-corrected chi connectivity index (χ2v) is 5.73. The second kappa shape index (κ2) is 4.94. The van der Waals surface area contributed by atoms with Gasteiger partial charge in [0.05, 0.1) is 11.5 Å². The van der Waals surface area contributed by atoms with E-state index in [0.29, 0.717) is 13.1 Å². The Morgan fingerprint density at radius 3 is 2.65 bits per heavy atom. The molecule has 1 aliphatic heterocycles. The Kier molecular flexibility index (Phi) is 3.73. The van der Waals surface area contributed by atoms with E-state index in [0.717, 1.165) is 38.6 Å². The Labute approximate surface area is 103 Å². The fraction of sp³-hybridized carbons (Fsp3) is 0.923. The summed E-state index contributed by atoms with van der Waals surface area (Å²) in [5.41, 5.74) is 5.55. The maximum atomic E-state index is 12.5. The van der Waals surface area contributed by atoms with Crippen LogP contribution in [0.1, 0.15) is 39.0 Å². The van der Waals surface area contributed by atoms with E-state index in [2.05, 4.69) is 0 Å². The lowest BCUT2D eigenvalue weighted by atomic mass is 9.84. The van der Waals surface area contributed by atoms with Crippen molar-refractivity contribution in [3.8, 4) is 0 Å². The number of aliphatic hydroxyl groups excluding tert-OH is 1. The molecule has 1 saturated heterocycles. The fourth-order valence-corrected chi connectivity index (χ4v) is 3.26. The quantitative estimate of drug-likeness (QED) is 0.764. The van der Waals surface area contributed by atoms with Crippen LogP contribution < -0.4 is 5.73 Å². The highest BCUT2D eigenvalue weighted by molar-refractivity contribution is 5.83. The van der Waals surface area contributed by atoms with Gasteiger partial charge in [-0.3, -0.25) is 4.79 Å². The van der Waals surface area contributed by atoms with Crippen molar-refractivity contribution in [1.82, 2.24) is 4.90 Å². The lowest BCUT2D eigenvalue weighted by Crippen LogP contribution is -2.46. The Bertz CT molecular complexity index is 285. The van der Waals surface area contributed by atoms with E-state index in [1.54, 1.807) is 0 Å². The van der Waals surface area contributed by atoms with Crippen LogP contribution in [-0.2, 0) is 4.79 Å². The van der Waals surface area contributed by atoms with Crippen LogP contribution in [0.3, 0.4) is 0 Å². The molecule has 0 spiro atoms. The van der Waals surface area contributed by atoms with Crippen molar-refractivity contribution in [3.63, 3.8) is 0 Å². The molecule has 0 aromatic rings. The van der Waals surface area contributed by atoms with Gasteiger partial charge in [-0.2, -0.15) is 0 Å². The summed E-state index contributed by atoms with van der Waals surface area (Å²) < 4.78 is 0. The summed E-state index contributed by atoms with van der Waals surface area (Å²) in [6.07, 6.45) is 4.73. The summed E-state index contributed by atoms with van der Waals surface area (Å²) in [5.74, 6) is 0.482. The van der Waals surface area contributed by atoms with Crippen LogP contribution in [0.5, 0.6) is 0 Å². The van der Waals surface area contributed by atoms with Crippen LogP contribution in [-0.4, -0.2) is 41.7 Å². The minimum Gasteiger partial charge on any atom is -0.393 e. The maximum Gasteiger partial charge on any atom is 0.230 e. The predicted molar refractivity (Wildman–Crippen MR) is 66.3 cm³/mol. The summed E-state index contributed by atoms with van der Waals surface area (Å²) >= 11 is 0. The molecule has 2 atom stereocenters. The Hall–Kier alpha value is -0.610. The molecule has 4 heteroatoms. The van der Waals surface area contributed by atoms with Crippen molar-refractivity contribution in [2.24, 2.45) is 17.1 Å². The summed E-state index contributed by atoms with van der Waals surface area (Å²) in [6.45, 7) is 3.78. The monoisotopic (exact) mass is 240 g/mol. The van der Waals surface area contributed by atoms with Crippen LogP contribution in [0.25, 0.3) is 0 Å². The number of hydrogen-bond donors (Lipinski definition) is 2. The van der Waals surface area contributed by atoms with Crippen molar-refractivity contribution in [3.05, 3.63) is 0 Å². The van der Waals surface area contributed by atoms with Crippen LogP contribution in [0.15, 0.2) is 0 Å². The highest BCUT2D eigenvalue weighted by Gasteiger charge is 2.44. The zero-order valence-electron chi connectivity index (χ0n) is 10.7. The average Bonchev–Trinajstić information content (AvgIpc) is 2.98. The molecule has 2 unspecified atom stereocenters. The minimum atomic E-state index is -0.315. The molecule has 0 bridgehead atoms. The number of amides is 1. The fourth-order valence-electron chi connectivity index (χ4n) is 3.26. The molecule has 0 aromatic heterocycles. The standard InChI is InChI=1S/C13H24N2O2/c1-10(16)11-4-7-15(8-11)12(17)13(9-14)5-2-3-6-13/h10-11,16H,2-9,14H2,1H3. The van der Waals surface area contributed by atoms with Crippen LogP contribution in [0, 0.1) is 11.3 Å². The average molecular weight is 240 g/mol. The first kappa shape index (κ1) is 12.8. The number of carbonyl (C=O) groups excluding carboxylic acids is 1. The van der Waals surface area contributed by atoms with E-state index < -0.39 is 0 Å². The SMILES string of the molecule is CC(O)C1CCN(C(=O)C2(CN)CCCC2)C1. The smallest absolute Gasteiger partial charge is 0.230 e. The van der Waals surface area contributed by atoms with Crippen LogP contribution >= 0.6 is 0 Å². The summed E-state index contributed by atoms with van der Waals surface area (Å²) in [5, 5.41) is 9.58. The normalized spacial score (nSPS) is 29.6. The van der Waals surface area contributed by atoms with Gasteiger partial charge in [0, 0.05) is 25.6 Å². The van der Waals surface area contributed by atoms with E-state index in [1.807, 2.05) is 11.8 Å². The number of aliphatic hydroxyl groups is 1. The van der Waals surface area contributed by atoms with Gasteiger partial charge >= 0.3 is 0 Å². The molecule has 1 heterocycles. The molecular formula is C13H24N2O2. The zero-order valence-corrected chi connectivity index (χ0v) is 10.7. The van der Waals surface area contributed by atoms with Crippen molar-refractivity contribution >= 4 is 5.91 Å². The number of carbonyl (C=O) groups is 1. The highest BCUT2D eigenvalue weighted by Crippen LogP contribution is 2.40. The number of nitrogens with zero attached hydrogens (tertiary/aromatic N) is 1. The molecule has 0 radical (unpaired) electrons. The molecule has 4 nitrogen and oxygen atoms in total. The third-order valence-corrected chi connectivity index (χ3v) is 4.60. The molecule has 17 heavy (non-hydrogen) atoms. The highest BCUT2D eigenvalue weighted by atomic mass is 16.3. The lowest BCUT2D eigenvalue weighted by Gasteiger charge is -2.31. The van der Waals surface area contributed by atoms with E-state index in [1.165, 1.54) is 0 Å². The first-order valence-electron chi connectivity index (χ1n) is 6.76. The van der Waals surface area contributed by atoms with E-state index in [4.69, 9.17) is 5.73 Å². The van der Waals surface area contributed by atoms with Gasteiger partial charge in [0.2, 0.25) is 5.91 Å². The van der Waals surface area contributed by atoms with Crippen molar-refractivity contribution in [2.75, 3.05) is 19.6 Å². The van der Waals surface area contributed by atoms with Crippen LogP contribution in [0.4, 0.5) is 0 Å². The number of likely N-dealkylation sites (tertiary alicyclic amines) is 1. The van der Waals surface area contributed by atoms with Crippen molar-refractivity contribution in [1.29, 1.82) is 0 Å². The van der Waals surface area contributed by atoms with Gasteiger partial charge in [0.1, 0.15) is 0 Å². The van der Waals surface area contributed by atoms with Gasteiger partial charge in [0.25, 0.3) is 0 Å². The van der Waals surface area contributed by atoms with Gasteiger partial charge in [-0.15, -0.1) is 0 Å². The molecule has 1 aliphatic carbocycles. The predicted octanol–water partition coefficient (Wildman–Crippen LogP) is 0.735. The molecular weight excluding hydrogens is 216 g/mol. The summed E-state index contributed by atoms with van der Waals surface area (Å²) in [7, 11) is 0. The van der Waals surface area contributed by atoms with Gasteiger partial charge in [-0.1, -0.05) is 12.8 Å². The third-order valence-electron chi connectivity index (χ3n) is 4.60. The van der Waals surface area contributed by atoms with Crippen molar-refractivity contribution < 1.29 is 9.90 Å². The summed E-state index contributed by atoms with van der Waals surface area (Å²) in [6, 6.07) is 0. The molecule has 1 saturated carbocycles. The molecule has 1 amide bonds. The molecule has 2 aliphatic rings. The van der Waals surface area contributed by atoms with Gasteiger partial charge in [-0.05, 0) is 26.2 Å². The van der Waals surface area contributed by atoms with Gasteiger partial charge < -0.3 is 15.7 Å². The number of nitrogens with two attached hydrogens (primary N) is 1. The van der Waals surface area contributed by atoms with Crippen molar-refractivity contribution in [2.45, 2.75) is 45.1 Å². The maximum absolute atomic E-state index is 12.5. The van der Waals surface area contributed by atoms with E-state index in [-0.39, 0.29) is 23.3 Å². The Morgan fingerprint density at radius 2 is 2.18 bits per heavy atom. The van der Waals surface area contributed by atoms with E-state index in [9.17, 15) is 9.90 Å². The molecule has 98 valence electrons.